The topological polar surface area (TPSA) is 108 Å². The summed E-state index contributed by atoms with van der Waals surface area (Å²) in [5.41, 5.74) is 1.62. The number of para-hydroxylation sites is 1. The van der Waals surface area contributed by atoms with E-state index in [-0.39, 0.29) is 10.6 Å². The van der Waals surface area contributed by atoms with Gasteiger partial charge in [0.1, 0.15) is 16.7 Å². The Morgan fingerprint density at radius 2 is 1.78 bits per heavy atom. The van der Waals surface area contributed by atoms with Gasteiger partial charge < -0.3 is 14.4 Å². The molecule has 0 radical (unpaired) electrons. The Hall–Kier alpha value is -3.00. The van der Waals surface area contributed by atoms with Gasteiger partial charge in [-0.1, -0.05) is 12.1 Å². The van der Waals surface area contributed by atoms with Gasteiger partial charge in [0.2, 0.25) is 0 Å². The second-order valence-electron chi connectivity index (χ2n) is 5.04. The normalized spacial score (nSPS) is 12.0. The van der Waals surface area contributed by atoms with Crippen LogP contribution in [0.2, 0.25) is 0 Å². The maximum absolute atomic E-state index is 12.6. The SMILES string of the molecule is O=c1[nH]c2ccc(NS(=O)(=O)c3coc4ccccc34)cc2[nH]1. The summed E-state index contributed by atoms with van der Waals surface area (Å²) >= 11 is 0. The summed E-state index contributed by atoms with van der Waals surface area (Å²) < 4.78 is 32.9. The molecule has 23 heavy (non-hydrogen) atoms. The molecule has 0 aliphatic rings. The zero-order valence-electron chi connectivity index (χ0n) is 11.7. The predicted molar refractivity (Wildman–Crippen MR) is 85.9 cm³/mol. The zero-order chi connectivity index (χ0) is 16.0. The Balaban J connectivity index is 1.77. The summed E-state index contributed by atoms with van der Waals surface area (Å²) in [4.78, 5) is 16.5. The molecule has 116 valence electrons. The van der Waals surface area contributed by atoms with E-state index < -0.39 is 10.0 Å². The molecule has 0 aliphatic carbocycles. The molecule has 2 aromatic heterocycles. The number of benzene rings is 2. The average molecular weight is 329 g/mol. The maximum Gasteiger partial charge on any atom is 0.323 e. The molecule has 7 nitrogen and oxygen atoms in total. The number of rotatable bonds is 3. The summed E-state index contributed by atoms with van der Waals surface area (Å²) in [7, 11) is -3.80. The average Bonchev–Trinajstić information content (AvgIpc) is 3.09. The van der Waals surface area contributed by atoms with Crippen molar-refractivity contribution in [1.29, 1.82) is 0 Å². The maximum atomic E-state index is 12.6. The Morgan fingerprint density at radius 1 is 1.00 bits per heavy atom. The molecule has 0 saturated carbocycles. The van der Waals surface area contributed by atoms with E-state index in [4.69, 9.17) is 4.42 Å². The molecular formula is C15H11N3O4S. The summed E-state index contributed by atoms with van der Waals surface area (Å²) in [6.45, 7) is 0. The van der Waals surface area contributed by atoms with Gasteiger partial charge in [-0.15, -0.1) is 0 Å². The fourth-order valence-electron chi connectivity index (χ4n) is 2.47. The second kappa shape index (κ2) is 4.75. The first kappa shape index (κ1) is 13.6. The first-order valence-electron chi connectivity index (χ1n) is 6.74. The lowest BCUT2D eigenvalue weighted by Crippen LogP contribution is -2.12. The smallest absolute Gasteiger partial charge is 0.323 e. The minimum Gasteiger partial charge on any atom is -0.463 e. The van der Waals surface area contributed by atoms with Crippen molar-refractivity contribution in [2.45, 2.75) is 4.90 Å². The van der Waals surface area contributed by atoms with E-state index in [1.54, 1.807) is 42.5 Å². The largest absolute Gasteiger partial charge is 0.463 e. The van der Waals surface area contributed by atoms with Gasteiger partial charge in [-0.2, -0.15) is 0 Å². The molecule has 0 aliphatic heterocycles. The van der Waals surface area contributed by atoms with Crippen molar-refractivity contribution in [2.24, 2.45) is 0 Å². The highest BCUT2D eigenvalue weighted by Gasteiger charge is 2.20. The van der Waals surface area contributed by atoms with Crippen LogP contribution in [0.4, 0.5) is 5.69 Å². The van der Waals surface area contributed by atoms with Gasteiger partial charge in [0, 0.05) is 5.39 Å². The lowest BCUT2D eigenvalue weighted by atomic mass is 10.3. The van der Waals surface area contributed by atoms with Crippen molar-refractivity contribution >= 4 is 37.7 Å². The first-order chi connectivity index (χ1) is 11.0. The number of aromatic amines is 2. The van der Waals surface area contributed by atoms with Gasteiger partial charge in [-0.25, -0.2) is 13.2 Å². The number of hydrogen-bond donors (Lipinski definition) is 3. The van der Waals surface area contributed by atoms with Crippen LogP contribution in [0.3, 0.4) is 0 Å². The molecule has 0 atom stereocenters. The Morgan fingerprint density at radius 3 is 2.65 bits per heavy atom. The Kier molecular flexibility index (Phi) is 2.82. The molecule has 8 heteroatoms. The van der Waals surface area contributed by atoms with E-state index >= 15 is 0 Å². The van der Waals surface area contributed by atoms with Crippen LogP contribution in [0.25, 0.3) is 22.0 Å². The highest BCUT2D eigenvalue weighted by molar-refractivity contribution is 7.93. The highest BCUT2D eigenvalue weighted by atomic mass is 32.2. The van der Waals surface area contributed by atoms with E-state index in [0.717, 1.165) is 0 Å². The Bertz CT molecular complexity index is 1180. The number of furan rings is 1. The minimum atomic E-state index is -3.80. The van der Waals surface area contributed by atoms with Crippen molar-refractivity contribution in [3.63, 3.8) is 0 Å². The number of imidazole rings is 1. The lowest BCUT2D eigenvalue weighted by Gasteiger charge is -2.06. The second-order valence-corrected chi connectivity index (χ2v) is 6.69. The van der Waals surface area contributed by atoms with Gasteiger partial charge in [0.15, 0.2) is 0 Å². The van der Waals surface area contributed by atoms with E-state index in [2.05, 4.69) is 14.7 Å². The van der Waals surface area contributed by atoms with Crippen molar-refractivity contribution in [2.75, 3.05) is 4.72 Å². The molecule has 0 unspecified atom stereocenters. The molecular weight excluding hydrogens is 318 g/mol. The van der Waals surface area contributed by atoms with Gasteiger partial charge in [-0.05, 0) is 30.3 Å². The molecule has 3 N–H and O–H groups in total. The zero-order valence-corrected chi connectivity index (χ0v) is 12.5. The number of sulfonamides is 1. The number of fused-ring (bicyclic) bond motifs is 2. The van der Waals surface area contributed by atoms with Crippen LogP contribution in [-0.2, 0) is 10.0 Å². The fraction of sp³-hybridized carbons (Fsp3) is 0. The van der Waals surface area contributed by atoms with Crippen molar-refractivity contribution < 1.29 is 12.8 Å². The molecule has 0 saturated heterocycles. The molecule has 2 heterocycles. The van der Waals surface area contributed by atoms with Crippen LogP contribution < -0.4 is 10.4 Å². The minimum absolute atomic E-state index is 0.0655. The van der Waals surface area contributed by atoms with Crippen LogP contribution in [0, 0.1) is 0 Å². The molecule has 0 bridgehead atoms. The van der Waals surface area contributed by atoms with Gasteiger partial charge >= 0.3 is 5.69 Å². The third-order valence-electron chi connectivity index (χ3n) is 3.50. The Labute approximate surface area is 130 Å². The van der Waals surface area contributed by atoms with E-state index in [9.17, 15) is 13.2 Å². The third-order valence-corrected chi connectivity index (χ3v) is 4.90. The first-order valence-corrected chi connectivity index (χ1v) is 8.22. The van der Waals surface area contributed by atoms with Gasteiger partial charge in [0.05, 0.1) is 16.7 Å². The molecule has 0 fully saturated rings. The standard InChI is InChI=1S/C15H11N3O4S/c19-15-16-11-6-5-9(7-12(11)17-15)18-23(20,21)14-8-22-13-4-2-1-3-10(13)14/h1-8,18H,(H2,16,17,19). The fourth-order valence-corrected chi connectivity index (χ4v) is 3.65. The van der Waals surface area contributed by atoms with Crippen LogP contribution >= 0.6 is 0 Å². The number of hydrogen-bond acceptors (Lipinski definition) is 4. The number of nitrogens with one attached hydrogen (secondary N) is 3. The monoisotopic (exact) mass is 329 g/mol. The van der Waals surface area contributed by atoms with E-state index in [1.807, 2.05) is 0 Å². The quantitative estimate of drug-likeness (QED) is 0.536. The van der Waals surface area contributed by atoms with Crippen LogP contribution in [0.5, 0.6) is 0 Å². The van der Waals surface area contributed by atoms with Crippen LogP contribution in [-0.4, -0.2) is 18.4 Å². The number of H-pyrrole nitrogens is 2. The van der Waals surface area contributed by atoms with Gasteiger partial charge in [0.25, 0.3) is 10.0 Å². The molecule has 2 aromatic carbocycles. The molecule has 4 rings (SSSR count). The third kappa shape index (κ3) is 2.29. The van der Waals surface area contributed by atoms with E-state index in [0.29, 0.717) is 27.7 Å². The summed E-state index contributed by atoms with van der Waals surface area (Å²) in [6, 6.07) is 11.6. The van der Waals surface area contributed by atoms with Crippen molar-refractivity contribution in [1.82, 2.24) is 9.97 Å². The van der Waals surface area contributed by atoms with Crippen LogP contribution in [0.15, 0.2) is 62.8 Å². The molecule has 0 amide bonds. The summed E-state index contributed by atoms with van der Waals surface area (Å²) in [6.07, 6.45) is 1.21. The van der Waals surface area contributed by atoms with Gasteiger partial charge in [-0.3, -0.25) is 4.72 Å². The van der Waals surface area contributed by atoms with Crippen molar-refractivity contribution in [3.05, 3.63) is 59.2 Å². The number of aromatic nitrogens is 2. The highest BCUT2D eigenvalue weighted by Crippen LogP contribution is 2.27. The summed E-state index contributed by atoms with van der Waals surface area (Å²) in [5, 5.41) is 0.510. The van der Waals surface area contributed by atoms with Crippen LogP contribution in [0.1, 0.15) is 0 Å². The lowest BCUT2D eigenvalue weighted by molar-refractivity contribution is 0.587. The number of anilines is 1. The molecule has 0 spiro atoms. The predicted octanol–water partition coefficient (Wildman–Crippen LogP) is 2.40. The van der Waals surface area contributed by atoms with Crippen molar-refractivity contribution in [3.8, 4) is 0 Å². The van der Waals surface area contributed by atoms with E-state index in [1.165, 1.54) is 6.26 Å². The molecule has 4 aromatic rings. The summed E-state index contributed by atoms with van der Waals surface area (Å²) in [5.74, 6) is 0.